The third-order valence-corrected chi connectivity index (χ3v) is 2.88. The number of urea groups is 1. The highest BCUT2D eigenvalue weighted by atomic mass is 16.3. The molecule has 8 heteroatoms. The fourth-order valence-corrected chi connectivity index (χ4v) is 1.87. The average molecular weight is 293 g/mol. The molecule has 0 atom stereocenters. The van der Waals surface area contributed by atoms with Crippen molar-refractivity contribution in [3.8, 4) is 0 Å². The Balaban J connectivity index is 1.81. The molecule has 0 aromatic carbocycles. The number of hydrogen-bond donors (Lipinski definition) is 3. The number of amides is 3. The van der Waals surface area contributed by atoms with Gasteiger partial charge in [-0.2, -0.15) is 0 Å². The molecule has 1 aliphatic heterocycles. The van der Waals surface area contributed by atoms with E-state index in [1.165, 1.54) is 4.90 Å². The fourth-order valence-electron chi connectivity index (χ4n) is 1.87. The molecule has 0 unspecified atom stereocenters. The number of guanidine groups is 1. The number of rotatable bonds is 6. The van der Waals surface area contributed by atoms with Gasteiger partial charge in [0.15, 0.2) is 5.96 Å². The van der Waals surface area contributed by atoms with Crippen molar-refractivity contribution in [2.75, 3.05) is 26.2 Å². The molecule has 0 saturated carbocycles. The predicted octanol–water partition coefficient (Wildman–Crippen LogP) is -0.113. The van der Waals surface area contributed by atoms with E-state index in [-0.39, 0.29) is 18.5 Å². The van der Waals surface area contributed by atoms with Crippen molar-refractivity contribution in [3.63, 3.8) is 0 Å². The molecule has 0 radical (unpaired) electrons. The standard InChI is InChI=1S/C13H19N5O3/c1-2-14-12(16-8-10-4-3-7-21-10)15-5-6-18-11(19)9-17-13(18)20/h3-4,7H,2,5-6,8-9H2,1H3,(H,17,20)(H2,14,15,16). The number of aliphatic imine (C=N–C) groups is 1. The van der Waals surface area contributed by atoms with Gasteiger partial charge in [0, 0.05) is 19.6 Å². The second-order valence-electron chi connectivity index (χ2n) is 4.41. The van der Waals surface area contributed by atoms with Gasteiger partial charge in [0.1, 0.15) is 12.3 Å². The van der Waals surface area contributed by atoms with Crippen LogP contribution in [0.3, 0.4) is 0 Å². The summed E-state index contributed by atoms with van der Waals surface area (Å²) >= 11 is 0. The first kappa shape index (κ1) is 14.9. The molecule has 114 valence electrons. The molecule has 0 aliphatic carbocycles. The van der Waals surface area contributed by atoms with Crippen molar-refractivity contribution in [2.45, 2.75) is 13.5 Å². The van der Waals surface area contributed by atoms with Crippen molar-refractivity contribution in [3.05, 3.63) is 24.2 Å². The molecule has 3 N–H and O–H groups in total. The lowest BCUT2D eigenvalue weighted by Crippen LogP contribution is -2.43. The Labute approximate surface area is 122 Å². The maximum atomic E-state index is 11.4. The third-order valence-electron chi connectivity index (χ3n) is 2.88. The second-order valence-corrected chi connectivity index (χ2v) is 4.41. The van der Waals surface area contributed by atoms with Crippen LogP contribution >= 0.6 is 0 Å². The summed E-state index contributed by atoms with van der Waals surface area (Å²) in [6, 6.07) is 3.31. The molecule has 1 aromatic heterocycles. The van der Waals surface area contributed by atoms with Crippen molar-refractivity contribution in [1.82, 2.24) is 20.9 Å². The van der Waals surface area contributed by atoms with Gasteiger partial charge >= 0.3 is 6.03 Å². The highest BCUT2D eigenvalue weighted by Crippen LogP contribution is 2.01. The second kappa shape index (κ2) is 7.32. The summed E-state index contributed by atoms with van der Waals surface area (Å²) in [5, 5.41) is 8.64. The minimum Gasteiger partial charge on any atom is -0.467 e. The molecule has 1 aliphatic rings. The van der Waals surface area contributed by atoms with Gasteiger partial charge in [0.2, 0.25) is 5.91 Å². The lowest BCUT2D eigenvalue weighted by atomic mass is 10.4. The molecular weight excluding hydrogens is 274 g/mol. The Bertz CT molecular complexity index is 496. The topological polar surface area (TPSA) is 99.0 Å². The number of carbonyl (C=O) groups is 2. The van der Waals surface area contributed by atoms with Gasteiger partial charge in [-0.05, 0) is 19.1 Å². The van der Waals surface area contributed by atoms with Crippen molar-refractivity contribution in [1.29, 1.82) is 0 Å². The van der Waals surface area contributed by atoms with Crippen LogP contribution in [0, 0.1) is 0 Å². The molecule has 2 heterocycles. The van der Waals surface area contributed by atoms with E-state index in [1.807, 2.05) is 19.1 Å². The molecule has 8 nitrogen and oxygen atoms in total. The monoisotopic (exact) mass is 293 g/mol. The molecular formula is C13H19N5O3. The van der Waals surface area contributed by atoms with Crippen LogP contribution in [0.4, 0.5) is 4.79 Å². The number of imide groups is 1. The van der Waals surface area contributed by atoms with Crippen LogP contribution in [0.2, 0.25) is 0 Å². The summed E-state index contributed by atoms with van der Waals surface area (Å²) in [5.41, 5.74) is 0. The highest BCUT2D eigenvalue weighted by Gasteiger charge is 2.27. The summed E-state index contributed by atoms with van der Waals surface area (Å²) in [7, 11) is 0. The smallest absolute Gasteiger partial charge is 0.324 e. The summed E-state index contributed by atoms with van der Waals surface area (Å²) in [4.78, 5) is 28.3. The number of nitrogens with zero attached hydrogens (tertiary/aromatic N) is 2. The Kier molecular flexibility index (Phi) is 5.19. The molecule has 1 saturated heterocycles. The Hall–Kier alpha value is -2.51. The van der Waals surface area contributed by atoms with E-state index in [0.29, 0.717) is 32.1 Å². The van der Waals surface area contributed by atoms with E-state index < -0.39 is 0 Å². The van der Waals surface area contributed by atoms with Crippen LogP contribution in [0.5, 0.6) is 0 Å². The zero-order valence-corrected chi connectivity index (χ0v) is 11.9. The molecule has 1 aromatic rings. The van der Waals surface area contributed by atoms with Crippen LogP contribution in [-0.2, 0) is 11.3 Å². The maximum Gasteiger partial charge on any atom is 0.324 e. The zero-order chi connectivity index (χ0) is 15.1. The molecule has 2 rings (SSSR count). The summed E-state index contributed by atoms with van der Waals surface area (Å²) in [6.07, 6.45) is 1.60. The van der Waals surface area contributed by atoms with Crippen LogP contribution in [-0.4, -0.2) is 49.0 Å². The first-order chi connectivity index (χ1) is 10.2. The fraction of sp³-hybridized carbons (Fsp3) is 0.462. The van der Waals surface area contributed by atoms with Gasteiger partial charge in [-0.3, -0.25) is 9.69 Å². The van der Waals surface area contributed by atoms with Crippen LogP contribution in [0.15, 0.2) is 27.8 Å². The summed E-state index contributed by atoms with van der Waals surface area (Å²) < 4.78 is 5.21. The molecule has 0 bridgehead atoms. The third kappa shape index (κ3) is 4.23. The number of nitrogens with one attached hydrogen (secondary N) is 3. The van der Waals surface area contributed by atoms with Gasteiger partial charge in [-0.25, -0.2) is 9.79 Å². The Morgan fingerprint density at radius 1 is 1.48 bits per heavy atom. The van der Waals surface area contributed by atoms with E-state index in [4.69, 9.17) is 4.42 Å². The first-order valence-electron chi connectivity index (χ1n) is 6.83. The van der Waals surface area contributed by atoms with E-state index >= 15 is 0 Å². The average Bonchev–Trinajstić information content (AvgIpc) is 3.09. The van der Waals surface area contributed by atoms with E-state index in [9.17, 15) is 9.59 Å². The van der Waals surface area contributed by atoms with E-state index in [0.717, 1.165) is 5.76 Å². The van der Waals surface area contributed by atoms with E-state index in [2.05, 4.69) is 20.9 Å². The van der Waals surface area contributed by atoms with Crippen molar-refractivity contribution < 1.29 is 14.0 Å². The lowest BCUT2D eigenvalue weighted by Gasteiger charge is -2.15. The lowest BCUT2D eigenvalue weighted by molar-refractivity contribution is -0.124. The minimum absolute atomic E-state index is 0.0749. The quantitative estimate of drug-likeness (QED) is 0.386. The number of hydrogen-bond acceptors (Lipinski definition) is 4. The molecule has 1 fully saturated rings. The van der Waals surface area contributed by atoms with Gasteiger partial charge in [0.25, 0.3) is 0 Å². The van der Waals surface area contributed by atoms with Gasteiger partial charge < -0.3 is 20.4 Å². The van der Waals surface area contributed by atoms with Gasteiger partial charge in [-0.1, -0.05) is 0 Å². The minimum atomic E-state index is -0.348. The van der Waals surface area contributed by atoms with Crippen molar-refractivity contribution in [2.24, 2.45) is 4.99 Å². The summed E-state index contributed by atoms with van der Waals surface area (Å²) in [5.74, 6) is 1.17. The Morgan fingerprint density at radius 2 is 2.33 bits per heavy atom. The molecule has 3 amide bonds. The predicted molar refractivity (Wildman–Crippen MR) is 76.6 cm³/mol. The van der Waals surface area contributed by atoms with Gasteiger partial charge in [-0.15, -0.1) is 0 Å². The van der Waals surface area contributed by atoms with Crippen LogP contribution < -0.4 is 16.0 Å². The van der Waals surface area contributed by atoms with Crippen LogP contribution in [0.1, 0.15) is 12.7 Å². The molecule has 0 spiro atoms. The van der Waals surface area contributed by atoms with Crippen LogP contribution in [0.25, 0.3) is 0 Å². The summed E-state index contributed by atoms with van der Waals surface area (Å²) in [6.45, 7) is 3.91. The van der Waals surface area contributed by atoms with Gasteiger partial charge in [0.05, 0.1) is 12.8 Å². The number of carbonyl (C=O) groups excluding carboxylic acids is 2. The largest absolute Gasteiger partial charge is 0.467 e. The van der Waals surface area contributed by atoms with Crippen molar-refractivity contribution >= 4 is 17.9 Å². The number of furan rings is 1. The zero-order valence-electron chi connectivity index (χ0n) is 11.9. The maximum absolute atomic E-state index is 11.4. The SMILES string of the molecule is CCNC(=NCc1ccco1)NCCN1C(=O)CNC1=O. The Morgan fingerprint density at radius 3 is 2.95 bits per heavy atom. The normalized spacial score (nSPS) is 15.3. The molecule has 21 heavy (non-hydrogen) atoms. The first-order valence-corrected chi connectivity index (χ1v) is 6.83. The van der Waals surface area contributed by atoms with E-state index in [1.54, 1.807) is 6.26 Å². The highest BCUT2D eigenvalue weighted by molar-refractivity contribution is 6.01.